The van der Waals surface area contributed by atoms with Gasteiger partial charge in [0.05, 0.1) is 0 Å². The summed E-state index contributed by atoms with van der Waals surface area (Å²) in [7, 11) is 0. The van der Waals surface area contributed by atoms with E-state index < -0.39 is 5.97 Å². The molecular weight excluding hydrogens is 226 g/mol. The molecule has 0 unspecified atom stereocenters. The lowest BCUT2D eigenvalue weighted by Crippen LogP contribution is -2.35. The van der Waals surface area contributed by atoms with E-state index in [9.17, 15) is 9.90 Å². The molecule has 3 heteroatoms. The Morgan fingerprint density at radius 1 is 1.28 bits per heavy atom. The maximum Gasteiger partial charge on any atom is 0.320 e. The predicted octanol–water partition coefficient (Wildman–Crippen LogP) is 2.22. The van der Waals surface area contributed by atoms with Crippen molar-refractivity contribution < 1.29 is 9.90 Å². The summed E-state index contributed by atoms with van der Waals surface area (Å²) >= 11 is 0. The molecule has 2 aliphatic rings. The molecule has 96 valence electrons. The number of benzene rings is 1. The van der Waals surface area contributed by atoms with Crippen molar-refractivity contribution in [2.75, 3.05) is 6.54 Å². The van der Waals surface area contributed by atoms with Gasteiger partial charge in [-0.15, -0.1) is 0 Å². The topological polar surface area (TPSA) is 40.5 Å². The maximum absolute atomic E-state index is 11.1. The zero-order valence-electron chi connectivity index (χ0n) is 10.6. The van der Waals surface area contributed by atoms with Crippen molar-refractivity contribution in [3.63, 3.8) is 0 Å². The van der Waals surface area contributed by atoms with Gasteiger partial charge in [0.2, 0.25) is 0 Å². The molecule has 1 aromatic carbocycles. The zero-order chi connectivity index (χ0) is 12.5. The first-order valence-electron chi connectivity index (χ1n) is 6.81. The molecule has 1 aliphatic carbocycles. The third-order valence-corrected chi connectivity index (χ3v) is 4.20. The van der Waals surface area contributed by atoms with Crippen molar-refractivity contribution in [1.29, 1.82) is 0 Å². The Hall–Kier alpha value is -1.35. The van der Waals surface area contributed by atoms with Gasteiger partial charge in [-0.3, -0.25) is 9.69 Å². The zero-order valence-corrected chi connectivity index (χ0v) is 10.6. The average molecular weight is 245 g/mol. The molecule has 3 rings (SSSR count). The van der Waals surface area contributed by atoms with Gasteiger partial charge in [0, 0.05) is 6.54 Å². The van der Waals surface area contributed by atoms with Crippen molar-refractivity contribution in [2.45, 2.75) is 44.7 Å². The highest BCUT2D eigenvalue weighted by atomic mass is 16.4. The van der Waals surface area contributed by atoms with E-state index >= 15 is 0 Å². The van der Waals surface area contributed by atoms with Crippen molar-refractivity contribution >= 4 is 5.97 Å². The number of nitrogens with zero attached hydrogens (tertiary/aromatic N) is 1. The summed E-state index contributed by atoms with van der Waals surface area (Å²) in [5, 5.41) is 9.17. The SMILES string of the molecule is O=C(O)[C@H]1CCCN1Cc1ccc2c(c1)CCC2. The molecule has 0 saturated carbocycles. The summed E-state index contributed by atoms with van der Waals surface area (Å²) in [5.41, 5.74) is 4.22. The molecule has 0 amide bonds. The first kappa shape index (κ1) is 11.7. The van der Waals surface area contributed by atoms with Gasteiger partial charge < -0.3 is 5.11 Å². The minimum Gasteiger partial charge on any atom is -0.480 e. The lowest BCUT2D eigenvalue weighted by molar-refractivity contribution is -0.142. The smallest absolute Gasteiger partial charge is 0.320 e. The average Bonchev–Trinajstić information content (AvgIpc) is 2.96. The molecule has 1 fully saturated rings. The number of carboxylic acid groups (broad SMARTS) is 1. The van der Waals surface area contributed by atoms with E-state index in [0.717, 1.165) is 25.9 Å². The summed E-state index contributed by atoms with van der Waals surface area (Å²) in [6.45, 7) is 1.69. The van der Waals surface area contributed by atoms with E-state index in [2.05, 4.69) is 23.1 Å². The van der Waals surface area contributed by atoms with Crippen LogP contribution in [0.15, 0.2) is 18.2 Å². The van der Waals surface area contributed by atoms with Crippen LogP contribution in [-0.2, 0) is 24.2 Å². The highest BCUT2D eigenvalue weighted by molar-refractivity contribution is 5.73. The van der Waals surface area contributed by atoms with Crippen molar-refractivity contribution in [3.05, 3.63) is 34.9 Å². The number of fused-ring (bicyclic) bond motifs is 1. The summed E-state index contributed by atoms with van der Waals surface area (Å²) in [6, 6.07) is 6.39. The number of hydrogen-bond donors (Lipinski definition) is 1. The van der Waals surface area contributed by atoms with Gasteiger partial charge in [-0.2, -0.15) is 0 Å². The van der Waals surface area contributed by atoms with Crippen molar-refractivity contribution in [1.82, 2.24) is 4.90 Å². The molecule has 0 spiro atoms. The van der Waals surface area contributed by atoms with Gasteiger partial charge in [-0.05, 0) is 55.3 Å². The fourth-order valence-corrected chi connectivity index (χ4v) is 3.25. The Labute approximate surface area is 107 Å². The molecule has 1 saturated heterocycles. The highest BCUT2D eigenvalue weighted by Crippen LogP contribution is 2.25. The summed E-state index contributed by atoms with van der Waals surface area (Å²) in [5.74, 6) is -0.673. The molecule has 0 radical (unpaired) electrons. The largest absolute Gasteiger partial charge is 0.480 e. The number of aliphatic carboxylic acids is 1. The normalized spacial score (nSPS) is 23.2. The van der Waals surface area contributed by atoms with E-state index in [-0.39, 0.29) is 6.04 Å². The van der Waals surface area contributed by atoms with Crippen LogP contribution in [0, 0.1) is 0 Å². The Bertz CT molecular complexity index is 470. The number of likely N-dealkylation sites (tertiary alicyclic amines) is 1. The molecule has 1 aliphatic heterocycles. The van der Waals surface area contributed by atoms with E-state index in [0.29, 0.717) is 0 Å². The van der Waals surface area contributed by atoms with Crippen LogP contribution in [0.4, 0.5) is 0 Å². The second-order valence-electron chi connectivity index (χ2n) is 5.42. The summed E-state index contributed by atoms with van der Waals surface area (Å²) in [6.07, 6.45) is 5.45. The Kier molecular flexibility index (Phi) is 3.08. The number of rotatable bonds is 3. The molecular formula is C15H19NO2. The van der Waals surface area contributed by atoms with E-state index in [1.54, 1.807) is 0 Å². The van der Waals surface area contributed by atoms with Gasteiger partial charge in [-0.25, -0.2) is 0 Å². The quantitative estimate of drug-likeness (QED) is 0.887. The highest BCUT2D eigenvalue weighted by Gasteiger charge is 2.30. The second-order valence-corrected chi connectivity index (χ2v) is 5.42. The van der Waals surface area contributed by atoms with Crippen LogP contribution in [0.25, 0.3) is 0 Å². The van der Waals surface area contributed by atoms with Gasteiger partial charge in [0.25, 0.3) is 0 Å². The molecule has 3 nitrogen and oxygen atoms in total. The molecule has 1 N–H and O–H groups in total. The van der Waals surface area contributed by atoms with Gasteiger partial charge in [0.1, 0.15) is 6.04 Å². The van der Waals surface area contributed by atoms with Crippen molar-refractivity contribution in [2.24, 2.45) is 0 Å². The Morgan fingerprint density at radius 2 is 2.11 bits per heavy atom. The third kappa shape index (κ3) is 2.15. The lowest BCUT2D eigenvalue weighted by atomic mass is 10.1. The third-order valence-electron chi connectivity index (χ3n) is 4.20. The first-order chi connectivity index (χ1) is 8.74. The molecule has 0 bridgehead atoms. The van der Waals surface area contributed by atoms with E-state index in [1.165, 1.54) is 36.0 Å². The maximum atomic E-state index is 11.1. The molecule has 18 heavy (non-hydrogen) atoms. The van der Waals surface area contributed by atoms with Crippen LogP contribution < -0.4 is 0 Å². The minimum absolute atomic E-state index is 0.279. The van der Waals surface area contributed by atoms with Crippen LogP contribution >= 0.6 is 0 Å². The lowest BCUT2D eigenvalue weighted by Gasteiger charge is -2.21. The first-order valence-corrected chi connectivity index (χ1v) is 6.81. The monoisotopic (exact) mass is 245 g/mol. The van der Waals surface area contributed by atoms with Gasteiger partial charge >= 0.3 is 5.97 Å². The molecule has 1 heterocycles. The van der Waals surface area contributed by atoms with Gasteiger partial charge in [0.15, 0.2) is 0 Å². The fraction of sp³-hybridized carbons (Fsp3) is 0.533. The Balaban J connectivity index is 1.74. The van der Waals surface area contributed by atoms with Crippen molar-refractivity contribution in [3.8, 4) is 0 Å². The molecule has 1 aromatic rings. The number of hydrogen-bond acceptors (Lipinski definition) is 2. The Morgan fingerprint density at radius 3 is 2.94 bits per heavy atom. The van der Waals surface area contributed by atoms with Crippen LogP contribution in [0.3, 0.4) is 0 Å². The second kappa shape index (κ2) is 4.73. The fourth-order valence-electron chi connectivity index (χ4n) is 3.25. The minimum atomic E-state index is -0.673. The van der Waals surface area contributed by atoms with Crippen LogP contribution in [0.1, 0.15) is 36.0 Å². The predicted molar refractivity (Wildman–Crippen MR) is 69.5 cm³/mol. The van der Waals surface area contributed by atoms with Crippen LogP contribution in [0.5, 0.6) is 0 Å². The number of carbonyl (C=O) groups is 1. The molecule has 0 aromatic heterocycles. The summed E-state index contributed by atoms with van der Waals surface area (Å²) < 4.78 is 0. The number of carboxylic acids is 1. The standard InChI is InChI=1S/C15H19NO2/c17-15(18)14-5-2-8-16(14)10-11-6-7-12-3-1-4-13(12)9-11/h6-7,9,14H,1-5,8,10H2,(H,17,18)/t14-/m1/s1. The van der Waals surface area contributed by atoms with Crippen LogP contribution in [-0.4, -0.2) is 28.6 Å². The van der Waals surface area contributed by atoms with Gasteiger partial charge in [-0.1, -0.05) is 18.2 Å². The number of aryl methyl sites for hydroxylation is 2. The summed E-state index contributed by atoms with van der Waals surface area (Å²) in [4.78, 5) is 13.2. The van der Waals surface area contributed by atoms with E-state index in [1.807, 2.05) is 0 Å². The molecule has 1 atom stereocenters. The van der Waals surface area contributed by atoms with E-state index in [4.69, 9.17) is 0 Å². The van der Waals surface area contributed by atoms with Crippen LogP contribution in [0.2, 0.25) is 0 Å².